The van der Waals surface area contributed by atoms with E-state index >= 15 is 0 Å². The van der Waals surface area contributed by atoms with Gasteiger partial charge in [-0.3, -0.25) is 4.68 Å². The molecule has 0 spiro atoms. The van der Waals surface area contributed by atoms with Gasteiger partial charge < -0.3 is 10.1 Å². The highest BCUT2D eigenvalue weighted by atomic mass is 16.3. The molecule has 1 atom stereocenters. The molecule has 2 aromatic rings. The van der Waals surface area contributed by atoms with E-state index in [1.165, 1.54) is 0 Å². The number of aromatic nitrogens is 4. The molecule has 2 rings (SSSR count). The fourth-order valence-corrected chi connectivity index (χ4v) is 1.46. The van der Waals surface area contributed by atoms with Crippen LogP contribution in [0.15, 0.2) is 24.8 Å². The predicted molar refractivity (Wildman–Crippen MR) is 55.2 cm³/mol. The summed E-state index contributed by atoms with van der Waals surface area (Å²) < 4.78 is 1.84. The van der Waals surface area contributed by atoms with Crippen molar-refractivity contribution >= 4 is 0 Å². The molecule has 0 radical (unpaired) electrons. The average Bonchev–Trinajstić information content (AvgIpc) is 2.87. The lowest BCUT2D eigenvalue weighted by atomic mass is 10.1. The van der Waals surface area contributed by atoms with E-state index in [0.29, 0.717) is 12.2 Å². The number of aliphatic hydroxyl groups is 1. The Bertz CT molecular complexity index is 407. The first-order chi connectivity index (χ1) is 7.29. The Balaban J connectivity index is 2.02. The van der Waals surface area contributed by atoms with E-state index in [9.17, 15) is 5.11 Å². The van der Waals surface area contributed by atoms with Crippen molar-refractivity contribution in [1.29, 1.82) is 0 Å². The van der Waals surface area contributed by atoms with Crippen molar-refractivity contribution in [3.63, 3.8) is 0 Å². The lowest BCUT2D eigenvalue weighted by Gasteiger charge is -2.04. The van der Waals surface area contributed by atoms with Crippen LogP contribution in [0.25, 0.3) is 0 Å². The number of hydrogen-bond donors (Lipinski definition) is 2. The van der Waals surface area contributed by atoms with Gasteiger partial charge in [0.05, 0.1) is 6.20 Å². The first kappa shape index (κ1) is 9.92. The van der Waals surface area contributed by atoms with Crippen LogP contribution >= 0.6 is 0 Å². The average molecular weight is 206 g/mol. The summed E-state index contributed by atoms with van der Waals surface area (Å²) in [5.41, 5.74) is 1.01. The molecular weight excluding hydrogens is 192 g/mol. The second-order valence-corrected chi connectivity index (χ2v) is 3.40. The van der Waals surface area contributed by atoms with Crippen molar-refractivity contribution < 1.29 is 5.11 Å². The molecule has 0 fully saturated rings. The first-order valence-corrected chi connectivity index (χ1v) is 4.98. The van der Waals surface area contributed by atoms with Gasteiger partial charge in [-0.2, -0.15) is 5.10 Å². The summed E-state index contributed by atoms with van der Waals surface area (Å²) in [7, 11) is 0. The second-order valence-electron chi connectivity index (χ2n) is 3.40. The van der Waals surface area contributed by atoms with Crippen molar-refractivity contribution in [3.8, 4) is 0 Å². The van der Waals surface area contributed by atoms with Crippen LogP contribution in [0, 0.1) is 0 Å². The van der Waals surface area contributed by atoms with Crippen LogP contribution in [-0.2, 0) is 13.0 Å². The van der Waals surface area contributed by atoms with Crippen molar-refractivity contribution in [2.24, 2.45) is 0 Å². The molecule has 0 aromatic carbocycles. The molecule has 2 heterocycles. The SMILES string of the molecule is CCn1cc(CC(O)c2ncc[nH]2)cn1. The van der Waals surface area contributed by atoms with Crippen molar-refractivity contribution in [2.45, 2.75) is 26.0 Å². The molecule has 80 valence electrons. The zero-order valence-corrected chi connectivity index (χ0v) is 8.59. The Kier molecular flexibility index (Phi) is 2.82. The maximum Gasteiger partial charge on any atom is 0.135 e. The number of imidazole rings is 1. The van der Waals surface area contributed by atoms with Crippen molar-refractivity contribution in [2.75, 3.05) is 0 Å². The summed E-state index contributed by atoms with van der Waals surface area (Å²) in [5.74, 6) is 0.597. The van der Waals surface area contributed by atoms with Crippen molar-refractivity contribution in [1.82, 2.24) is 19.7 Å². The summed E-state index contributed by atoms with van der Waals surface area (Å²) in [5, 5.41) is 14.0. The molecule has 5 nitrogen and oxygen atoms in total. The molecule has 0 saturated carbocycles. The van der Waals surface area contributed by atoms with E-state index in [0.717, 1.165) is 12.1 Å². The van der Waals surface area contributed by atoms with Gasteiger partial charge in [0.15, 0.2) is 0 Å². The molecule has 0 aliphatic heterocycles. The van der Waals surface area contributed by atoms with Gasteiger partial charge in [0.25, 0.3) is 0 Å². The Hall–Kier alpha value is -1.62. The van der Waals surface area contributed by atoms with E-state index in [1.807, 2.05) is 17.8 Å². The Morgan fingerprint density at radius 2 is 2.47 bits per heavy atom. The number of nitrogens with zero attached hydrogens (tertiary/aromatic N) is 3. The molecule has 0 saturated heterocycles. The zero-order valence-electron chi connectivity index (χ0n) is 8.59. The van der Waals surface area contributed by atoms with Gasteiger partial charge in [-0.05, 0) is 12.5 Å². The smallest absolute Gasteiger partial charge is 0.135 e. The summed E-state index contributed by atoms with van der Waals surface area (Å²) in [6.07, 6.45) is 6.99. The van der Waals surface area contributed by atoms with Gasteiger partial charge in [-0.15, -0.1) is 0 Å². The van der Waals surface area contributed by atoms with Crippen LogP contribution in [0.5, 0.6) is 0 Å². The number of aromatic amines is 1. The van der Waals surface area contributed by atoms with E-state index in [2.05, 4.69) is 15.1 Å². The Morgan fingerprint density at radius 1 is 1.60 bits per heavy atom. The fraction of sp³-hybridized carbons (Fsp3) is 0.400. The summed E-state index contributed by atoms with van der Waals surface area (Å²) in [6, 6.07) is 0. The molecule has 2 N–H and O–H groups in total. The molecule has 15 heavy (non-hydrogen) atoms. The molecule has 0 aliphatic carbocycles. The first-order valence-electron chi connectivity index (χ1n) is 4.98. The quantitative estimate of drug-likeness (QED) is 0.781. The van der Waals surface area contributed by atoms with Gasteiger partial charge in [0.1, 0.15) is 11.9 Å². The number of aliphatic hydroxyl groups excluding tert-OH is 1. The number of nitrogens with one attached hydrogen (secondary N) is 1. The van der Waals surface area contributed by atoms with Gasteiger partial charge >= 0.3 is 0 Å². The van der Waals surface area contributed by atoms with Crippen LogP contribution in [-0.4, -0.2) is 24.9 Å². The highest BCUT2D eigenvalue weighted by molar-refractivity contribution is 5.08. The lowest BCUT2D eigenvalue weighted by molar-refractivity contribution is 0.169. The van der Waals surface area contributed by atoms with Gasteiger partial charge in [-0.1, -0.05) is 0 Å². The third-order valence-corrected chi connectivity index (χ3v) is 2.27. The number of rotatable bonds is 4. The van der Waals surface area contributed by atoms with Gasteiger partial charge in [-0.25, -0.2) is 4.98 Å². The minimum Gasteiger partial charge on any atom is -0.385 e. The molecule has 0 bridgehead atoms. The largest absolute Gasteiger partial charge is 0.385 e. The van der Waals surface area contributed by atoms with Crippen LogP contribution in [0.2, 0.25) is 0 Å². The molecule has 1 unspecified atom stereocenters. The number of aryl methyl sites for hydroxylation is 1. The summed E-state index contributed by atoms with van der Waals surface area (Å²) >= 11 is 0. The molecule has 2 aromatic heterocycles. The highest BCUT2D eigenvalue weighted by Gasteiger charge is 2.11. The van der Waals surface area contributed by atoms with Crippen LogP contribution in [0.3, 0.4) is 0 Å². The molecular formula is C10H14N4O. The third-order valence-electron chi connectivity index (χ3n) is 2.27. The normalized spacial score (nSPS) is 12.9. The topological polar surface area (TPSA) is 66.7 Å². The maximum absolute atomic E-state index is 9.81. The van der Waals surface area contributed by atoms with Crippen LogP contribution in [0.4, 0.5) is 0 Å². The highest BCUT2D eigenvalue weighted by Crippen LogP contribution is 2.13. The molecule has 5 heteroatoms. The van der Waals surface area contributed by atoms with E-state index < -0.39 is 6.10 Å². The van der Waals surface area contributed by atoms with Crippen molar-refractivity contribution in [3.05, 3.63) is 36.2 Å². The minimum absolute atomic E-state index is 0.535. The lowest BCUT2D eigenvalue weighted by Crippen LogP contribution is -2.03. The van der Waals surface area contributed by atoms with E-state index in [-0.39, 0.29) is 0 Å². The third kappa shape index (κ3) is 2.24. The number of H-pyrrole nitrogens is 1. The predicted octanol–water partition coefficient (Wildman–Crippen LogP) is 0.902. The van der Waals surface area contributed by atoms with E-state index in [1.54, 1.807) is 18.6 Å². The number of hydrogen-bond acceptors (Lipinski definition) is 3. The standard InChI is InChI=1S/C10H14N4O/c1-2-14-7-8(6-13-14)5-9(15)10-11-3-4-12-10/h3-4,6-7,9,15H,2,5H2,1H3,(H,11,12). The Morgan fingerprint density at radius 3 is 3.07 bits per heavy atom. The maximum atomic E-state index is 9.81. The second kappa shape index (κ2) is 4.27. The fourth-order valence-electron chi connectivity index (χ4n) is 1.46. The monoisotopic (exact) mass is 206 g/mol. The van der Waals surface area contributed by atoms with Gasteiger partial charge in [0, 0.05) is 31.6 Å². The Labute approximate surface area is 87.8 Å². The molecule has 0 aliphatic rings. The molecule has 0 amide bonds. The zero-order chi connectivity index (χ0) is 10.7. The van der Waals surface area contributed by atoms with Crippen LogP contribution in [0.1, 0.15) is 24.4 Å². The van der Waals surface area contributed by atoms with E-state index in [4.69, 9.17) is 0 Å². The summed E-state index contributed by atoms with van der Waals surface area (Å²) in [4.78, 5) is 6.90. The minimum atomic E-state index is -0.588. The van der Waals surface area contributed by atoms with Gasteiger partial charge in [0.2, 0.25) is 0 Å². The van der Waals surface area contributed by atoms with Crippen LogP contribution < -0.4 is 0 Å². The summed E-state index contributed by atoms with van der Waals surface area (Å²) in [6.45, 7) is 2.87.